The minimum absolute atomic E-state index is 0. The van der Waals surface area contributed by atoms with Crippen molar-refractivity contribution in [1.82, 2.24) is 15.5 Å². The lowest BCUT2D eigenvalue weighted by Crippen LogP contribution is -2.42. The van der Waals surface area contributed by atoms with E-state index >= 15 is 0 Å². The topological polar surface area (TPSA) is 39.7 Å². The molecule has 0 amide bonds. The van der Waals surface area contributed by atoms with Gasteiger partial charge in [0, 0.05) is 32.2 Å². The molecule has 0 saturated heterocycles. The van der Waals surface area contributed by atoms with Gasteiger partial charge in [0.15, 0.2) is 5.96 Å². The van der Waals surface area contributed by atoms with Crippen LogP contribution in [-0.4, -0.2) is 43.1 Å². The van der Waals surface area contributed by atoms with Crippen molar-refractivity contribution in [2.45, 2.75) is 45.2 Å². The first-order valence-electron chi connectivity index (χ1n) is 8.62. The lowest BCUT2D eigenvalue weighted by Gasteiger charge is -2.22. The zero-order valence-electron chi connectivity index (χ0n) is 14.0. The maximum atomic E-state index is 4.67. The molecule has 0 aromatic carbocycles. The number of hydrogen-bond donors (Lipinski definition) is 2. The quantitative estimate of drug-likeness (QED) is 0.346. The third-order valence-corrected chi connectivity index (χ3v) is 5.02. The average molecular weight is 448 g/mol. The van der Waals surface area contributed by atoms with Crippen molar-refractivity contribution >= 4 is 41.3 Å². The number of thiophene rings is 1. The molecule has 4 nitrogen and oxygen atoms in total. The highest BCUT2D eigenvalue weighted by Gasteiger charge is 2.33. The Labute approximate surface area is 161 Å². The molecule has 1 aromatic rings. The fourth-order valence-electron chi connectivity index (χ4n) is 2.71. The Morgan fingerprint density at radius 3 is 2.74 bits per heavy atom. The normalized spacial score (nSPS) is 17.9. The van der Waals surface area contributed by atoms with Gasteiger partial charge in [-0.2, -0.15) is 11.3 Å². The highest BCUT2D eigenvalue weighted by atomic mass is 127. The molecule has 1 aromatic heterocycles. The number of aliphatic imine (C=N–C) groups is 1. The summed E-state index contributed by atoms with van der Waals surface area (Å²) in [5.74, 6) is 1.93. The van der Waals surface area contributed by atoms with Gasteiger partial charge < -0.3 is 10.6 Å². The summed E-state index contributed by atoms with van der Waals surface area (Å²) in [6.45, 7) is 7.22. The molecule has 0 atom stereocenters. The van der Waals surface area contributed by atoms with Crippen molar-refractivity contribution in [1.29, 1.82) is 0 Å². The first-order valence-corrected chi connectivity index (χ1v) is 9.56. The maximum Gasteiger partial charge on any atom is 0.191 e. The van der Waals surface area contributed by atoms with Gasteiger partial charge in [-0.15, -0.1) is 24.0 Å². The smallest absolute Gasteiger partial charge is 0.191 e. The molecule has 6 heteroatoms. The third-order valence-electron chi connectivity index (χ3n) is 4.29. The van der Waals surface area contributed by atoms with Crippen molar-refractivity contribution in [3.05, 3.63) is 22.4 Å². The lowest BCUT2D eigenvalue weighted by molar-refractivity contribution is 0.256. The van der Waals surface area contributed by atoms with E-state index in [4.69, 9.17) is 0 Å². The second kappa shape index (κ2) is 9.84. The van der Waals surface area contributed by atoms with Crippen LogP contribution in [0.1, 0.15) is 38.2 Å². The Bertz CT molecular complexity index is 469. The molecule has 2 saturated carbocycles. The van der Waals surface area contributed by atoms with Crippen LogP contribution in [0.15, 0.2) is 21.8 Å². The van der Waals surface area contributed by atoms with Crippen LogP contribution in [0.25, 0.3) is 0 Å². The van der Waals surface area contributed by atoms with Gasteiger partial charge in [-0.3, -0.25) is 4.90 Å². The van der Waals surface area contributed by atoms with Crippen LogP contribution in [0.4, 0.5) is 0 Å². The van der Waals surface area contributed by atoms with Crippen molar-refractivity contribution in [2.75, 3.05) is 26.2 Å². The van der Waals surface area contributed by atoms with Gasteiger partial charge in [-0.1, -0.05) is 0 Å². The SMILES string of the molecule is CCNC(=NCc1ccsc1)NCCN(CC1CC1)C1CC1.I. The van der Waals surface area contributed by atoms with Gasteiger partial charge in [0.2, 0.25) is 0 Å². The van der Waals surface area contributed by atoms with E-state index in [1.165, 1.54) is 37.8 Å². The van der Waals surface area contributed by atoms with Crippen molar-refractivity contribution in [2.24, 2.45) is 10.9 Å². The van der Waals surface area contributed by atoms with E-state index in [0.717, 1.165) is 44.1 Å². The first kappa shape index (κ1) is 19.0. The number of hydrogen-bond acceptors (Lipinski definition) is 3. The second-order valence-electron chi connectivity index (χ2n) is 6.42. The summed E-state index contributed by atoms with van der Waals surface area (Å²) in [7, 11) is 0. The molecular weight excluding hydrogens is 419 g/mol. The van der Waals surface area contributed by atoms with E-state index in [1.807, 2.05) is 0 Å². The zero-order chi connectivity index (χ0) is 15.2. The van der Waals surface area contributed by atoms with Crippen LogP contribution < -0.4 is 10.6 Å². The third kappa shape index (κ3) is 6.97. The van der Waals surface area contributed by atoms with Gasteiger partial charge in [-0.25, -0.2) is 4.99 Å². The van der Waals surface area contributed by atoms with E-state index < -0.39 is 0 Å². The molecule has 130 valence electrons. The average Bonchev–Trinajstić information content (AvgIpc) is 3.44. The molecule has 0 radical (unpaired) electrons. The van der Waals surface area contributed by atoms with E-state index in [0.29, 0.717) is 0 Å². The van der Waals surface area contributed by atoms with Crippen molar-refractivity contribution < 1.29 is 0 Å². The van der Waals surface area contributed by atoms with E-state index in [1.54, 1.807) is 11.3 Å². The number of guanidine groups is 1. The van der Waals surface area contributed by atoms with Crippen LogP contribution in [0.2, 0.25) is 0 Å². The number of nitrogens with zero attached hydrogens (tertiary/aromatic N) is 2. The summed E-state index contributed by atoms with van der Waals surface area (Å²) in [5, 5.41) is 11.1. The fraction of sp³-hybridized carbons (Fsp3) is 0.706. The molecule has 2 aliphatic rings. The molecule has 2 N–H and O–H groups in total. The summed E-state index contributed by atoms with van der Waals surface area (Å²) >= 11 is 1.73. The predicted molar refractivity (Wildman–Crippen MR) is 110 cm³/mol. The van der Waals surface area contributed by atoms with Crippen LogP contribution in [0.3, 0.4) is 0 Å². The number of nitrogens with one attached hydrogen (secondary N) is 2. The molecule has 1 heterocycles. The minimum Gasteiger partial charge on any atom is -0.357 e. The van der Waals surface area contributed by atoms with Gasteiger partial charge in [0.25, 0.3) is 0 Å². The Morgan fingerprint density at radius 1 is 1.30 bits per heavy atom. The molecule has 3 rings (SSSR count). The highest BCUT2D eigenvalue weighted by Crippen LogP contribution is 2.34. The monoisotopic (exact) mass is 448 g/mol. The molecule has 0 unspecified atom stereocenters. The Morgan fingerprint density at radius 2 is 2.13 bits per heavy atom. The summed E-state index contributed by atoms with van der Waals surface area (Å²) < 4.78 is 0. The summed E-state index contributed by atoms with van der Waals surface area (Å²) in [5.41, 5.74) is 1.29. The second-order valence-corrected chi connectivity index (χ2v) is 7.20. The Kier molecular flexibility index (Phi) is 8.12. The van der Waals surface area contributed by atoms with Gasteiger partial charge in [0.05, 0.1) is 6.54 Å². The van der Waals surface area contributed by atoms with Gasteiger partial charge >= 0.3 is 0 Å². The molecule has 23 heavy (non-hydrogen) atoms. The van der Waals surface area contributed by atoms with E-state index in [-0.39, 0.29) is 24.0 Å². The lowest BCUT2D eigenvalue weighted by atomic mass is 10.3. The zero-order valence-corrected chi connectivity index (χ0v) is 17.1. The van der Waals surface area contributed by atoms with Crippen molar-refractivity contribution in [3.8, 4) is 0 Å². The van der Waals surface area contributed by atoms with E-state index in [2.05, 4.69) is 44.3 Å². The largest absolute Gasteiger partial charge is 0.357 e. The molecule has 2 fully saturated rings. The van der Waals surface area contributed by atoms with Crippen LogP contribution in [0.5, 0.6) is 0 Å². The van der Waals surface area contributed by atoms with Crippen molar-refractivity contribution in [3.63, 3.8) is 0 Å². The molecule has 0 spiro atoms. The van der Waals surface area contributed by atoms with Gasteiger partial charge in [0.1, 0.15) is 0 Å². The van der Waals surface area contributed by atoms with E-state index in [9.17, 15) is 0 Å². The Hall–Kier alpha value is -0.340. The Balaban J connectivity index is 0.00000192. The van der Waals surface area contributed by atoms with Crippen LogP contribution in [-0.2, 0) is 6.54 Å². The highest BCUT2D eigenvalue weighted by molar-refractivity contribution is 14.0. The summed E-state index contributed by atoms with van der Waals surface area (Å²) in [6.07, 6.45) is 5.70. The minimum atomic E-state index is 0. The molecular formula is C17H29IN4S. The molecule has 2 aliphatic carbocycles. The summed E-state index contributed by atoms with van der Waals surface area (Å²) in [4.78, 5) is 7.36. The van der Waals surface area contributed by atoms with Crippen LogP contribution >= 0.6 is 35.3 Å². The molecule has 0 aliphatic heterocycles. The van der Waals surface area contributed by atoms with Crippen LogP contribution in [0, 0.1) is 5.92 Å². The first-order chi connectivity index (χ1) is 10.8. The summed E-state index contributed by atoms with van der Waals surface area (Å²) in [6, 6.07) is 3.01. The maximum absolute atomic E-state index is 4.67. The number of rotatable bonds is 9. The molecule has 0 bridgehead atoms. The fourth-order valence-corrected chi connectivity index (χ4v) is 3.37. The van der Waals surface area contributed by atoms with Gasteiger partial charge in [-0.05, 0) is 60.9 Å². The standard InChI is InChI=1S/C17H28N4S.HI/c1-2-18-17(20-11-15-7-10-22-13-15)19-8-9-21(16-5-6-16)12-14-3-4-14;/h7,10,13-14,16H,2-6,8-9,11-12H2,1H3,(H2,18,19,20);1H. The number of halogens is 1. The predicted octanol–water partition coefficient (Wildman–Crippen LogP) is 3.30.